The third-order valence-corrected chi connectivity index (χ3v) is 4.68. The van der Waals surface area contributed by atoms with Crippen molar-refractivity contribution in [3.8, 4) is 0 Å². The Kier molecular flexibility index (Phi) is 4.62. The average molecular weight is 329 g/mol. The van der Waals surface area contributed by atoms with Gasteiger partial charge in [0.15, 0.2) is 0 Å². The Hall–Kier alpha value is -0.880. The maximum absolute atomic E-state index is 12.1. The molecule has 0 atom stereocenters. The van der Waals surface area contributed by atoms with Crippen molar-refractivity contribution in [1.29, 1.82) is 0 Å². The molecule has 106 valence electrons. The Morgan fingerprint density at radius 3 is 2.68 bits per heavy atom. The summed E-state index contributed by atoms with van der Waals surface area (Å²) in [6.07, 6.45) is 6.00. The molecule has 0 aromatic carbocycles. The van der Waals surface area contributed by atoms with E-state index < -0.39 is 0 Å². The van der Waals surface area contributed by atoms with Crippen LogP contribution in [0.2, 0.25) is 0 Å². The molecule has 1 saturated carbocycles. The average Bonchev–Trinajstić information content (AvgIpc) is 2.42. The van der Waals surface area contributed by atoms with Crippen LogP contribution in [0.3, 0.4) is 0 Å². The Bertz CT molecular complexity index is 494. The highest BCUT2D eigenvalue weighted by Crippen LogP contribution is 2.28. The highest BCUT2D eigenvalue weighted by molar-refractivity contribution is 9.10. The predicted octanol–water partition coefficient (Wildman–Crippen LogP) is 1.73. The summed E-state index contributed by atoms with van der Waals surface area (Å²) in [7, 11) is 2.03. The van der Waals surface area contributed by atoms with Gasteiger partial charge in [-0.25, -0.2) is 4.68 Å². The molecule has 1 aliphatic rings. The topological polar surface area (TPSA) is 64.2 Å². The Morgan fingerprint density at radius 2 is 2.11 bits per heavy atom. The van der Waals surface area contributed by atoms with E-state index in [0.717, 1.165) is 31.4 Å². The van der Waals surface area contributed by atoms with Gasteiger partial charge in [0.05, 0.1) is 11.9 Å². The molecule has 1 heterocycles. The first-order chi connectivity index (χ1) is 9.04. The molecule has 6 heteroatoms. The second kappa shape index (κ2) is 6.05. The molecule has 0 unspecified atom stereocenters. The van der Waals surface area contributed by atoms with Crippen LogP contribution in [0.1, 0.15) is 32.6 Å². The number of rotatable bonds is 3. The predicted molar refractivity (Wildman–Crippen MR) is 80.5 cm³/mol. The summed E-state index contributed by atoms with van der Waals surface area (Å²) in [5.41, 5.74) is 6.73. The van der Waals surface area contributed by atoms with Crippen molar-refractivity contribution in [2.24, 2.45) is 5.73 Å². The third kappa shape index (κ3) is 3.00. The Morgan fingerprint density at radius 1 is 1.47 bits per heavy atom. The first-order valence-electron chi connectivity index (χ1n) is 6.78. The molecular formula is C13H21BrN4O. The molecule has 19 heavy (non-hydrogen) atoms. The Labute approximate surface area is 121 Å². The highest BCUT2D eigenvalue weighted by atomic mass is 79.9. The van der Waals surface area contributed by atoms with Gasteiger partial charge in [0.25, 0.3) is 5.56 Å². The van der Waals surface area contributed by atoms with E-state index in [2.05, 4.69) is 25.9 Å². The zero-order valence-corrected chi connectivity index (χ0v) is 13.1. The van der Waals surface area contributed by atoms with E-state index in [4.69, 9.17) is 5.73 Å². The number of nitrogens with two attached hydrogens (primary N) is 1. The van der Waals surface area contributed by atoms with Gasteiger partial charge in [0.2, 0.25) is 0 Å². The number of nitrogens with zero attached hydrogens (tertiary/aromatic N) is 3. The summed E-state index contributed by atoms with van der Waals surface area (Å²) >= 11 is 3.41. The van der Waals surface area contributed by atoms with Crippen molar-refractivity contribution in [3.05, 3.63) is 21.0 Å². The van der Waals surface area contributed by atoms with E-state index in [1.54, 1.807) is 6.20 Å². The van der Waals surface area contributed by atoms with Gasteiger partial charge in [0, 0.05) is 25.7 Å². The second-order valence-electron chi connectivity index (χ2n) is 5.14. The first-order valence-corrected chi connectivity index (χ1v) is 7.58. The van der Waals surface area contributed by atoms with Crippen molar-refractivity contribution in [2.45, 2.75) is 51.2 Å². The lowest BCUT2D eigenvalue weighted by molar-refractivity contribution is 0.384. The summed E-state index contributed by atoms with van der Waals surface area (Å²) in [5.74, 6) is 0. The normalized spacial score (nSPS) is 23.4. The molecular weight excluding hydrogens is 308 g/mol. The molecule has 0 amide bonds. The molecule has 1 aromatic rings. The van der Waals surface area contributed by atoms with Gasteiger partial charge in [0.1, 0.15) is 4.47 Å². The summed E-state index contributed by atoms with van der Waals surface area (Å²) in [6, 6.07) is 0.772. The number of hydrogen-bond donors (Lipinski definition) is 1. The SMILES string of the molecule is CCn1ncc(N(C)C2CCC(N)CC2)c(Br)c1=O. The zero-order valence-electron chi connectivity index (χ0n) is 11.5. The molecule has 0 spiro atoms. The largest absolute Gasteiger partial charge is 0.369 e. The summed E-state index contributed by atoms with van der Waals surface area (Å²) < 4.78 is 2.06. The molecule has 0 saturated heterocycles. The molecule has 0 radical (unpaired) electrons. The van der Waals surface area contributed by atoms with Crippen molar-refractivity contribution in [1.82, 2.24) is 9.78 Å². The lowest BCUT2D eigenvalue weighted by Gasteiger charge is -2.35. The lowest BCUT2D eigenvalue weighted by Crippen LogP contribution is -2.39. The van der Waals surface area contributed by atoms with Crippen LogP contribution < -0.4 is 16.2 Å². The maximum Gasteiger partial charge on any atom is 0.283 e. The van der Waals surface area contributed by atoms with Gasteiger partial charge in [-0.3, -0.25) is 4.79 Å². The fourth-order valence-corrected chi connectivity index (χ4v) is 3.20. The molecule has 0 aliphatic heterocycles. The fourth-order valence-electron chi connectivity index (χ4n) is 2.61. The van der Waals surface area contributed by atoms with Crippen LogP contribution in [0.15, 0.2) is 15.5 Å². The Balaban J connectivity index is 2.22. The van der Waals surface area contributed by atoms with Crippen molar-refractivity contribution in [2.75, 3.05) is 11.9 Å². The van der Waals surface area contributed by atoms with Crippen LogP contribution in [0.5, 0.6) is 0 Å². The summed E-state index contributed by atoms with van der Waals surface area (Å²) in [4.78, 5) is 14.2. The van der Waals surface area contributed by atoms with Gasteiger partial charge >= 0.3 is 0 Å². The second-order valence-corrected chi connectivity index (χ2v) is 5.94. The zero-order chi connectivity index (χ0) is 14.0. The number of anilines is 1. The molecule has 2 N–H and O–H groups in total. The van der Waals surface area contributed by atoms with E-state index in [9.17, 15) is 4.79 Å². The smallest absolute Gasteiger partial charge is 0.283 e. The summed E-state index contributed by atoms with van der Waals surface area (Å²) in [6.45, 7) is 2.49. The van der Waals surface area contributed by atoms with Crippen LogP contribution in [-0.4, -0.2) is 28.9 Å². The van der Waals surface area contributed by atoms with Crippen molar-refractivity contribution < 1.29 is 0 Å². The van der Waals surface area contributed by atoms with Gasteiger partial charge in [-0.1, -0.05) is 0 Å². The fraction of sp³-hybridized carbons (Fsp3) is 0.692. The minimum absolute atomic E-state index is 0.0700. The van der Waals surface area contributed by atoms with Crippen LogP contribution in [0, 0.1) is 0 Å². The lowest BCUT2D eigenvalue weighted by atomic mass is 9.91. The van der Waals surface area contributed by atoms with E-state index in [1.165, 1.54) is 4.68 Å². The quantitative estimate of drug-likeness (QED) is 0.917. The number of hydrogen-bond acceptors (Lipinski definition) is 4. The molecule has 1 aromatic heterocycles. The van der Waals surface area contributed by atoms with Gasteiger partial charge in [-0.15, -0.1) is 0 Å². The van der Waals surface area contributed by atoms with Crippen molar-refractivity contribution >= 4 is 21.6 Å². The van der Waals surface area contributed by atoms with Gasteiger partial charge < -0.3 is 10.6 Å². The number of aryl methyl sites for hydroxylation is 1. The van der Waals surface area contributed by atoms with Gasteiger partial charge in [-0.05, 0) is 48.5 Å². The molecule has 1 fully saturated rings. The minimum atomic E-state index is -0.0700. The molecule has 1 aliphatic carbocycles. The van der Waals surface area contributed by atoms with Crippen LogP contribution in [-0.2, 0) is 6.54 Å². The molecule has 5 nitrogen and oxygen atoms in total. The number of halogens is 1. The highest BCUT2D eigenvalue weighted by Gasteiger charge is 2.24. The third-order valence-electron chi connectivity index (χ3n) is 3.94. The van der Waals surface area contributed by atoms with Gasteiger partial charge in [-0.2, -0.15) is 5.10 Å². The van der Waals surface area contributed by atoms with E-state index in [-0.39, 0.29) is 5.56 Å². The summed E-state index contributed by atoms with van der Waals surface area (Å²) in [5, 5.41) is 4.20. The van der Waals surface area contributed by atoms with Crippen LogP contribution >= 0.6 is 15.9 Å². The van der Waals surface area contributed by atoms with E-state index in [0.29, 0.717) is 23.1 Å². The maximum atomic E-state index is 12.1. The van der Waals surface area contributed by atoms with Crippen molar-refractivity contribution in [3.63, 3.8) is 0 Å². The van der Waals surface area contributed by atoms with E-state index in [1.807, 2.05) is 14.0 Å². The number of aromatic nitrogens is 2. The minimum Gasteiger partial charge on any atom is -0.369 e. The van der Waals surface area contributed by atoms with Crippen LogP contribution in [0.4, 0.5) is 5.69 Å². The monoisotopic (exact) mass is 328 g/mol. The standard InChI is InChI=1S/C13H21BrN4O/c1-3-18-13(19)12(14)11(8-16-18)17(2)10-6-4-9(15)5-7-10/h8-10H,3-7,15H2,1-2H3. The molecule has 0 bridgehead atoms. The first kappa shape index (κ1) is 14.5. The molecule has 2 rings (SSSR count). The van der Waals surface area contributed by atoms with E-state index >= 15 is 0 Å². The van der Waals surface area contributed by atoms with Crippen LogP contribution in [0.25, 0.3) is 0 Å².